The summed E-state index contributed by atoms with van der Waals surface area (Å²) >= 11 is 0. The van der Waals surface area contributed by atoms with E-state index in [4.69, 9.17) is 10.8 Å². The van der Waals surface area contributed by atoms with E-state index >= 15 is 0 Å². The van der Waals surface area contributed by atoms with E-state index in [9.17, 15) is 9.18 Å². The van der Waals surface area contributed by atoms with Gasteiger partial charge in [0.25, 0.3) is 0 Å². The van der Waals surface area contributed by atoms with Gasteiger partial charge >= 0.3 is 0 Å². The van der Waals surface area contributed by atoms with E-state index in [1.54, 1.807) is 17.0 Å². The minimum absolute atomic E-state index is 0.149. The third kappa shape index (κ3) is 3.11. The molecule has 1 atom stereocenters. The molecule has 1 saturated heterocycles. The summed E-state index contributed by atoms with van der Waals surface area (Å²) in [6, 6.07) is 5.94. The monoisotopic (exact) mass is 266 g/mol. The first-order chi connectivity index (χ1) is 9.13. The molecule has 1 unspecified atom stereocenters. The summed E-state index contributed by atoms with van der Waals surface area (Å²) < 4.78 is 13.7. The molecule has 2 rings (SSSR count). The van der Waals surface area contributed by atoms with Gasteiger partial charge in [0.05, 0.1) is 6.61 Å². The maximum atomic E-state index is 13.7. The number of carbonyl (C=O) groups is 1. The van der Waals surface area contributed by atoms with Crippen LogP contribution in [-0.2, 0) is 4.79 Å². The van der Waals surface area contributed by atoms with E-state index in [1.165, 1.54) is 6.07 Å². The van der Waals surface area contributed by atoms with Crippen LogP contribution >= 0.6 is 0 Å². The summed E-state index contributed by atoms with van der Waals surface area (Å²) in [6.07, 6.45) is 1.45. The fourth-order valence-corrected chi connectivity index (χ4v) is 2.53. The molecule has 0 radical (unpaired) electrons. The summed E-state index contributed by atoms with van der Waals surface area (Å²) in [7, 11) is 0. The maximum Gasteiger partial charge on any atom is 0.241 e. The Morgan fingerprint density at radius 3 is 2.63 bits per heavy atom. The Hall–Kier alpha value is -1.46. The summed E-state index contributed by atoms with van der Waals surface area (Å²) in [4.78, 5) is 13.5. The second-order valence-electron chi connectivity index (χ2n) is 4.91. The second kappa shape index (κ2) is 6.12. The van der Waals surface area contributed by atoms with Gasteiger partial charge in [0, 0.05) is 13.1 Å². The van der Waals surface area contributed by atoms with Crippen LogP contribution in [0.5, 0.6) is 0 Å². The number of halogens is 1. The van der Waals surface area contributed by atoms with Crippen molar-refractivity contribution in [3.63, 3.8) is 0 Å². The van der Waals surface area contributed by atoms with E-state index in [0.717, 1.165) is 18.4 Å². The number of hydrogen-bond donors (Lipinski definition) is 2. The van der Waals surface area contributed by atoms with Gasteiger partial charge < -0.3 is 15.7 Å². The average Bonchev–Trinajstić information content (AvgIpc) is 2.46. The highest BCUT2D eigenvalue weighted by molar-refractivity contribution is 5.81. The van der Waals surface area contributed by atoms with Gasteiger partial charge in [0.2, 0.25) is 5.91 Å². The Morgan fingerprint density at radius 1 is 1.42 bits per heavy atom. The predicted octanol–water partition coefficient (Wildman–Crippen LogP) is 0.851. The number of aliphatic hydroxyl groups excluding tert-OH is 1. The minimum atomic E-state index is -0.843. The van der Waals surface area contributed by atoms with Crippen molar-refractivity contribution >= 4 is 5.91 Å². The van der Waals surface area contributed by atoms with E-state index < -0.39 is 6.04 Å². The summed E-state index contributed by atoms with van der Waals surface area (Å²) in [5, 5.41) is 8.88. The quantitative estimate of drug-likeness (QED) is 0.852. The Balaban J connectivity index is 1.96. The molecule has 1 heterocycles. The van der Waals surface area contributed by atoms with Gasteiger partial charge in [-0.3, -0.25) is 4.79 Å². The molecule has 5 heteroatoms. The van der Waals surface area contributed by atoms with Crippen LogP contribution in [0.1, 0.15) is 24.3 Å². The molecule has 19 heavy (non-hydrogen) atoms. The van der Waals surface area contributed by atoms with Crippen molar-refractivity contribution in [2.45, 2.75) is 24.8 Å². The van der Waals surface area contributed by atoms with E-state index in [1.807, 2.05) is 6.07 Å². The molecule has 1 fully saturated rings. The molecule has 1 aliphatic heterocycles. The Labute approximate surface area is 112 Å². The predicted molar refractivity (Wildman–Crippen MR) is 70.0 cm³/mol. The van der Waals surface area contributed by atoms with Crippen LogP contribution in [0.15, 0.2) is 24.3 Å². The first-order valence-corrected chi connectivity index (χ1v) is 6.53. The fourth-order valence-electron chi connectivity index (χ4n) is 2.53. The van der Waals surface area contributed by atoms with Gasteiger partial charge in [0.15, 0.2) is 0 Å². The van der Waals surface area contributed by atoms with Crippen LogP contribution in [0.4, 0.5) is 4.39 Å². The van der Waals surface area contributed by atoms with Crippen LogP contribution in [0, 0.1) is 5.82 Å². The van der Waals surface area contributed by atoms with Crippen molar-refractivity contribution in [3.8, 4) is 0 Å². The third-order valence-electron chi connectivity index (χ3n) is 3.67. The Bertz CT molecular complexity index is 445. The lowest BCUT2D eigenvalue weighted by molar-refractivity contribution is -0.134. The number of nitrogens with zero attached hydrogens (tertiary/aromatic N) is 1. The van der Waals surface area contributed by atoms with Crippen molar-refractivity contribution in [3.05, 3.63) is 35.6 Å². The molecular weight excluding hydrogens is 247 g/mol. The number of carbonyl (C=O) groups excluding carboxylic acids is 1. The second-order valence-corrected chi connectivity index (χ2v) is 4.91. The lowest BCUT2D eigenvalue weighted by Gasteiger charge is -2.33. The number of amides is 1. The highest BCUT2D eigenvalue weighted by atomic mass is 19.1. The molecule has 1 aromatic carbocycles. The lowest BCUT2D eigenvalue weighted by atomic mass is 9.89. The molecule has 0 saturated carbocycles. The minimum Gasteiger partial charge on any atom is -0.394 e. The summed E-state index contributed by atoms with van der Waals surface area (Å²) in [6.45, 7) is 0.781. The van der Waals surface area contributed by atoms with Crippen molar-refractivity contribution in [1.29, 1.82) is 0 Å². The van der Waals surface area contributed by atoms with Crippen LogP contribution in [0.25, 0.3) is 0 Å². The molecule has 3 N–H and O–H groups in total. The third-order valence-corrected chi connectivity index (χ3v) is 3.67. The molecule has 0 aromatic heterocycles. The van der Waals surface area contributed by atoms with Gasteiger partial charge in [-0.1, -0.05) is 18.2 Å². The molecule has 4 nitrogen and oxygen atoms in total. The normalized spacial score (nSPS) is 18.4. The molecular formula is C14H19FN2O2. The number of nitrogens with two attached hydrogens (primary N) is 1. The average molecular weight is 266 g/mol. The van der Waals surface area contributed by atoms with Crippen molar-refractivity contribution in [1.82, 2.24) is 4.90 Å². The number of aliphatic hydroxyl groups is 1. The van der Waals surface area contributed by atoms with Crippen LogP contribution < -0.4 is 5.73 Å². The fraction of sp³-hybridized carbons (Fsp3) is 0.500. The molecule has 1 aliphatic rings. The molecule has 0 spiro atoms. The van der Waals surface area contributed by atoms with E-state index in [2.05, 4.69) is 0 Å². The zero-order valence-corrected chi connectivity index (χ0v) is 10.8. The van der Waals surface area contributed by atoms with Crippen molar-refractivity contribution in [2.75, 3.05) is 19.7 Å². The Kier molecular flexibility index (Phi) is 4.50. The van der Waals surface area contributed by atoms with Gasteiger partial charge in [-0.2, -0.15) is 0 Å². The van der Waals surface area contributed by atoms with Gasteiger partial charge in [-0.05, 0) is 30.4 Å². The zero-order chi connectivity index (χ0) is 13.8. The molecule has 0 aliphatic carbocycles. The maximum absolute atomic E-state index is 13.7. The molecule has 0 bridgehead atoms. The largest absolute Gasteiger partial charge is 0.394 e. The smallest absolute Gasteiger partial charge is 0.241 e. The lowest BCUT2D eigenvalue weighted by Crippen LogP contribution is -2.48. The van der Waals surface area contributed by atoms with E-state index in [-0.39, 0.29) is 24.2 Å². The van der Waals surface area contributed by atoms with Crippen LogP contribution in [-0.4, -0.2) is 41.7 Å². The zero-order valence-electron chi connectivity index (χ0n) is 10.8. The number of hydrogen-bond acceptors (Lipinski definition) is 3. The molecule has 104 valence electrons. The van der Waals surface area contributed by atoms with Crippen LogP contribution in [0.3, 0.4) is 0 Å². The first kappa shape index (κ1) is 14.0. The highest BCUT2D eigenvalue weighted by Gasteiger charge is 2.27. The number of likely N-dealkylation sites (tertiary alicyclic amines) is 1. The molecule has 1 amide bonds. The summed E-state index contributed by atoms with van der Waals surface area (Å²) in [5.74, 6) is -0.260. The topological polar surface area (TPSA) is 66.6 Å². The number of benzene rings is 1. The number of rotatable bonds is 3. The van der Waals surface area contributed by atoms with E-state index in [0.29, 0.717) is 13.1 Å². The first-order valence-electron chi connectivity index (χ1n) is 6.53. The highest BCUT2D eigenvalue weighted by Crippen LogP contribution is 2.29. The van der Waals surface area contributed by atoms with Crippen LogP contribution in [0.2, 0.25) is 0 Å². The van der Waals surface area contributed by atoms with Crippen molar-refractivity contribution in [2.24, 2.45) is 5.73 Å². The SMILES string of the molecule is NC(CO)C(=O)N1CCC(c2ccccc2F)CC1. The Morgan fingerprint density at radius 2 is 2.05 bits per heavy atom. The van der Waals surface area contributed by atoms with Gasteiger partial charge in [0.1, 0.15) is 11.9 Å². The molecule has 1 aromatic rings. The standard InChI is InChI=1S/C14H19FN2O2/c15-12-4-2-1-3-11(12)10-5-7-17(8-6-10)14(19)13(16)9-18/h1-4,10,13,18H,5-9,16H2. The summed E-state index contributed by atoms with van der Waals surface area (Å²) in [5.41, 5.74) is 6.24. The van der Waals surface area contributed by atoms with Crippen molar-refractivity contribution < 1.29 is 14.3 Å². The van der Waals surface area contributed by atoms with Gasteiger partial charge in [-0.25, -0.2) is 4.39 Å². The van der Waals surface area contributed by atoms with Gasteiger partial charge in [-0.15, -0.1) is 0 Å². The number of piperidine rings is 1.